The predicted molar refractivity (Wildman–Crippen MR) is 132 cm³/mol. The molecule has 1 aliphatic rings. The zero-order chi connectivity index (χ0) is 25.0. The summed E-state index contributed by atoms with van der Waals surface area (Å²) in [6, 6.07) is 0. The number of aromatic amines is 1. The normalized spacial score (nSPS) is 22.9. The van der Waals surface area contributed by atoms with Gasteiger partial charge >= 0.3 is 0 Å². The molecule has 3 atom stereocenters. The van der Waals surface area contributed by atoms with Gasteiger partial charge in [-0.25, -0.2) is 4.98 Å². The van der Waals surface area contributed by atoms with Gasteiger partial charge in [0.05, 0.1) is 19.0 Å². The lowest BCUT2D eigenvalue weighted by Gasteiger charge is -2.40. The van der Waals surface area contributed by atoms with Gasteiger partial charge in [-0.05, 0) is 36.3 Å². The Balaban J connectivity index is 1.93. The molecule has 3 rings (SSSR count). The highest BCUT2D eigenvalue weighted by Gasteiger charge is 2.47. The number of aromatic nitrogens is 4. The first-order valence-corrected chi connectivity index (χ1v) is 17.3. The van der Waals surface area contributed by atoms with Crippen LogP contribution >= 0.6 is 0 Å². The lowest BCUT2D eigenvalue weighted by molar-refractivity contribution is -0.0418. The molecule has 2 aromatic heterocycles. The van der Waals surface area contributed by atoms with Gasteiger partial charge in [0.2, 0.25) is 0 Å². The Bertz CT molecular complexity index is 1060. The van der Waals surface area contributed by atoms with E-state index in [-0.39, 0.29) is 33.4 Å². The summed E-state index contributed by atoms with van der Waals surface area (Å²) < 4.78 is 35.7. The van der Waals surface area contributed by atoms with Gasteiger partial charge in [0.25, 0.3) is 11.6 Å². The predicted octanol–water partition coefficient (Wildman–Crippen LogP) is 4.96. The molecule has 33 heavy (non-hydrogen) atoms. The summed E-state index contributed by atoms with van der Waals surface area (Å²) in [4.78, 5) is 22.5. The third kappa shape index (κ3) is 5.16. The zero-order valence-electron chi connectivity index (χ0n) is 21.6. The Morgan fingerprint density at radius 1 is 1.15 bits per heavy atom. The van der Waals surface area contributed by atoms with Crippen molar-refractivity contribution in [2.24, 2.45) is 0 Å². The summed E-state index contributed by atoms with van der Waals surface area (Å²) in [5.74, 6) is 0. The maximum absolute atomic E-state index is 14.9. The molecule has 0 aromatic carbocycles. The standard InChI is InChI=1S/C22H39FN4O4Si2/c1-21(2,3)32(7,8)29-12-15-14(31-33(9,10)22(4,5)6)11-16(30-15)27-18-17(26-20(27)23)19(28)25-13-24-18/h13-16H,11-12H2,1-10H3,(H,24,25,28). The molecule has 0 radical (unpaired) electrons. The summed E-state index contributed by atoms with van der Waals surface area (Å²) in [5.41, 5.74) is -0.359. The molecule has 3 heterocycles. The number of fused-ring (bicyclic) bond motifs is 1. The minimum absolute atomic E-state index is 0.0116. The van der Waals surface area contributed by atoms with Crippen molar-refractivity contribution in [3.05, 3.63) is 22.8 Å². The van der Waals surface area contributed by atoms with Crippen LogP contribution in [0.15, 0.2) is 11.1 Å². The van der Waals surface area contributed by atoms with Gasteiger partial charge in [-0.3, -0.25) is 9.36 Å². The van der Waals surface area contributed by atoms with E-state index < -0.39 is 34.5 Å². The summed E-state index contributed by atoms with van der Waals surface area (Å²) in [5, 5.41) is 0.0656. The highest BCUT2D eigenvalue weighted by Crippen LogP contribution is 2.43. The van der Waals surface area contributed by atoms with Crippen molar-refractivity contribution >= 4 is 27.8 Å². The SMILES string of the molecule is CC(C)(C)[Si](C)(C)OCC1OC(n2c(F)nc3c(=O)[nH]cnc32)CC1O[Si](C)(C)C(C)(C)C. The number of H-pyrrole nitrogens is 1. The monoisotopic (exact) mass is 498 g/mol. The van der Waals surface area contributed by atoms with E-state index in [0.717, 1.165) is 0 Å². The summed E-state index contributed by atoms with van der Waals surface area (Å²) >= 11 is 0. The van der Waals surface area contributed by atoms with E-state index >= 15 is 0 Å². The van der Waals surface area contributed by atoms with Crippen LogP contribution in [0.2, 0.25) is 36.3 Å². The minimum atomic E-state index is -2.13. The van der Waals surface area contributed by atoms with Crippen LogP contribution in [0.4, 0.5) is 4.39 Å². The number of nitrogens with zero attached hydrogens (tertiary/aromatic N) is 3. The quantitative estimate of drug-likeness (QED) is 0.447. The van der Waals surface area contributed by atoms with E-state index in [4.69, 9.17) is 13.6 Å². The van der Waals surface area contributed by atoms with E-state index in [9.17, 15) is 9.18 Å². The average molecular weight is 499 g/mol. The minimum Gasteiger partial charge on any atom is -0.414 e. The van der Waals surface area contributed by atoms with Crippen LogP contribution in [0.25, 0.3) is 11.2 Å². The van der Waals surface area contributed by atoms with Crippen LogP contribution in [0.5, 0.6) is 0 Å². The number of nitrogens with one attached hydrogen (secondary N) is 1. The van der Waals surface area contributed by atoms with Crippen molar-refractivity contribution < 1.29 is 18.0 Å². The van der Waals surface area contributed by atoms with Gasteiger partial charge in [-0.1, -0.05) is 41.5 Å². The lowest BCUT2D eigenvalue weighted by atomic mass is 10.2. The van der Waals surface area contributed by atoms with Crippen molar-refractivity contribution in [3.8, 4) is 0 Å². The second-order valence-electron chi connectivity index (χ2n) is 12.0. The molecule has 3 unspecified atom stereocenters. The molecular weight excluding hydrogens is 459 g/mol. The highest BCUT2D eigenvalue weighted by molar-refractivity contribution is 6.74. The largest absolute Gasteiger partial charge is 0.414 e. The van der Waals surface area contributed by atoms with Gasteiger partial charge in [-0.2, -0.15) is 9.37 Å². The van der Waals surface area contributed by atoms with E-state index in [2.05, 4.69) is 82.7 Å². The molecule has 1 saturated heterocycles. The van der Waals surface area contributed by atoms with Gasteiger partial charge in [-0.15, -0.1) is 0 Å². The smallest absolute Gasteiger partial charge is 0.293 e. The molecular formula is C22H39FN4O4Si2. The van der Waals surface area contributed by atoms with E-state index in [1.807, 2.05) is 0 Å². The molecule has 0 aliphatic carbocycles. The fourth-order valence-corrected chi connectivity index (χ4v) is 5.72. The molecule has 2 aromatic rings. The van der Waals surface area contributed by atoms with E-state index in [0.29, 0.717) is 13.0 Å². The van der Waals surface area contributed by atoms with E-state index in [1.165, 1.54) is 10.9 Å². The fraction of sp³-hybridized carbons (Fsp3) is 0.773. The van der Waals surface area contributed by atoms with Crippen LogP contribution in [0, 0.1) is 6.08 Å². The molecule has 11 heteroatoms. The lowest BCUT2D eigenvalue weighted by Crippen LogP contribution is -2.48. The van der Waals surface area contributed by atoms with Crippen LogP contribution in [0.3, 0.4) is 0 Å². The molecule has 0 spiro atoms. The molecule has 0 amide bonds. The van der Waals surface area contributed by atoms with Crippen molar-refractivity contribution in [1.82, 2.24) is 19.5 Å². The second kappa shape index (κ2) is 8.67. The number of hydrogen-bond acceptors (Lipinski definition) is 6. The average Bonchev–Trinajstić information content (AvgIpc) is 3.18. The van der Waals surface area contributed by atoms with Crippen molar-refractivity contribution in [2.75, 3.05) is 6.61 Å². The van der Waals surface area contributed by atoms with Crippen molar-refractivity contribution in [2.45, 2.75) is 103 Å². The Labute approximate surface area is 197 Å². The van der Waals surface area contributed by atoms with Crippen molar-refractivity contribution in [3.63, 3.8) is 0 Å². The zero-order valence-corrected chi connectivity index (χ0v) is 23.6. The summed E-state index contributed by atoms with van der Waals surface area (Å²) in [6.07, 6.45) is -0.437. The maximum atomic E-state index is 14.9. The van der Waals surface area contributed by atoms with Gasteiger partial charge in [0, 0.05) is 6.42 Å². The van der Waals surface area contributed by atoms with Gasteiger partial charge < -0.3 is 18.6 Å². The first-order valence-electron chi connectivity index (χ1n) is 11.5. The number of hydrogen-bond donors (Lipinski definition) is 1. The number of halogens is 1. The van der Waals surface area contributed by atoms with Crippen LogP contribution in [-0.4, -0.2) is 55.0 Å². The highest BCUT2D eigenvalue weighted by atomic mass is 28.4. The Morgan fingerprint density at radius 3 is 2.33 bits per heavy atom. The van der Waals surface area contributed by atoms with Crippen LogP contribution < -0.4 is 5.56 Å². The molecule has 1 fully saturated rings. The molecule has 1 aliphatic heterocycles. The molecule has 186 valence electrons. The molecule has 0 bridgehead atoms. The number of rotatable bonds is 6. The first-order chi connectivity index (χ1) is 14.9. The van der Waals surface area contributed by atoms with E-state index in [1.54, 1.807) is 0 Å². The first kappa shape index (κ1) is 26.2. The molecule has 1 N–H and O–H groups in total. The molecule has 8 nitrogen and oxygen atoms in total. The third-order valence-corrected chi connectivity index (χ3v) is 16.6. The summed E-state index contributed by atoms with van der Waals surface area (Å²) in [6.45, 7) is 22.3. The number of imidazole rings is 1. The molecule has 0 saturated carbocycles. The van der Waals surface area contributed by atoms with Crippen LogP contribution in [0.1, 0.15) is 54.2 Å². The topological polar surface area (TPSA) is 91.3 Å². The second-order valence-corrected chi connectivity index (χ2v) is 21.6. The fourth-order valence-electron chi connectivity index (χ4n) is 3.34. The Hall–Kier alpha value is -1.41. The Kier molecular flexibility index (Phi) is 6.88. The van der Waals surface area contributed by atoms with Gasteiger partial charge in [0.15, 0.2) is 27.8 Å². The number of ether oxygens (including phenoxy) is 1. The van der Waals surface area contributed by atoms with Crippen molar-refractivity contribution in [1.29, 1.82) is 0 Å². The van der Waals surface area contributed by atoms with Crippen LogP contribution in [-0.2, 0) is 13.6 Å². The summed E-state index contributed by atoms with van der Waals surface area (Å²) in [7, 11) is -4.15. The maximum Gasteiger partial charge on any atom is 0.293 e. The van der Waals surface area contributed by atoms with Gasteiger partial charge in [0.1, 0.15) is 12.3 Å². The third-order valence-electron chi connectivity index (χ3n) is 7.58. The Morgan fingerprint density at radius 2 is 1.76 bits per heavy atom.